The Morgan fingerprint density at radius 3 is 1.77 bits per heavy atom. The van der Waals surface area contributed by atoms with Crippen LogP contribution in [0, 0.1) is 0 Å². The minimum atomic E-state index is -5.11. The standard InChI is InChI=1S/C27H27N5O22S7/c33-27-19-6-7-21(28-15-60(41,42)43)25(31-30-22-13-18(5-8-24(22)61(44,45)46)59(39,40)12-10-48-57-54-51-36)20(19)14-23(55-52-49-34)26(27)32-29-16-1-3-17(4-2-16)58(37,38)11-9-47-56-53-50-35/h1-8,13-14,28,33-36H,9-12,15H2,(H,41,42,43)(H,44,45,46)/b31-30+,32-29+. The highest BCUT2D eigenvalue weighted by molar-refractivity contribution is 7.94. The molecule has 0 saturated heterocycles. The maximum Gasteiger partial charge on any atom is 0.296 e. The van der Waals surface area contributed by atoms with Gasteiger partial charge in [-0.3, -0.25) is 17.5 Å². The summed E-state index contributed by atoms with van der Waals surface area (Å²) in [5.74, 6) is -3.02. The van der Waals surface area contributed by atoms with Crippen molar-refractivity contribution in [3.8, 4) is 5.75 Å². The van der Waals surface area contributed by atoms with Crippen LogP contribution in [0.4, 0.5) is 28.4 Å². The molecule has 0 aliphatic heterocycles. The molecule has 0 amide bonds. The lowest BCUT2D eigenvalue weighted by Crippen LogP contribution is -2.13. The van der Waals surface area contributed by atoms with E-state index in [9.17, 15) is 47.9 Å². The van der Waals surface area contributed by atoms with Gasteiger partial charge in [0.2, 0.25) is 0 Å². The third-order valence-electron chi connectivity index (χ3n) is 7.17. The van der Waals surface area contributed by atoms with Crippen LogP contribution in [0.25, 0.3) is 10.8 Å². The van der Waals surface area contributed by atoms with E-state index in [1.54, 1.807) is 0 Å². The van der Waals surface area contributed by atoms with E-state index in [2.05, 4.69) is 53.9 Å². The molecule has 0 aromatic heterocycles. The number of phenols is 1. The molecule has 334 valence electrons. The van der Waals surface area contributed by atoms with Crippen LogP contribution in [0.5, 0.6) is 5.75 Å². The summed E-state index contributed by atoms with van der Waals surface area (Å²) < 4.78 is 141. The van der Waals surface area contributed by atoms with Crippen LogP contribution in [0.3, 0.4) is 0 Å². The first kappa shape index (κ1) is 49.9. The number of phenolic OH excluding ortho intramolecular Hbond substituents is 1. The van der Waals surface area contributed by atoms with Gasteiger partial charge >= 0.3 is 0 Å². The van der Waals surface area contributed by atoms with Crippen molar-refractivity contribution in [2.75, 3.05) is 35.9 Å². The van der Waals surface area contributed by atoms with E-state index in [0.29, 0.717) is 6.07 Å². The van der Waals surface area contributed by atoms with Gasteiger partial charge in [-0.1, -0.05) is 15.1 Å². The van der Waals surface area contributed by atoms with Crippen molar-refractivity contribution in [2.45, 2.75) is 19.6 Å². The predicted octanol–water partition coefficient (Wildman–Crippen LogP) is 5.86. The van der Waals surface area contributed by atoms with Crippen LogP contribution in [0.15, 0.2) is 101 Å². The van der Waals surface area contributed by atoms with Gasteiger partial charge in [0.05, 0.1) is 62.8 Å². The number of hydrogen-bond acceptors (Lipinski definition) is 28. The molecule has 4 aromatic carbocycles. The second kappa shape index (κ2) is 22.6. The van der Waals surface area contributed by atoms with Gasteiger partial charge in [0.15, 0.2) is 50.1 Å². The van der Waals surface area contributed by atoms with Gasteiger partial charge in [0.1, 0.15) is 27.8 Å². The zero-order valence-electron chi connectivity index (χ0n) is 29.7. The lowest BCUT2D eigenvalue weighted by Gasteiger charge is -2.14. The molecule has 0 bridgehead atoms. The molecule has 7 N–H and O–H groups in total. The number of hydrogen-bond donors (Lipinski definition) is 7. The van der Waals surface area contributed by atoms with Crippen molar-refractivity contribution in [1.82, 2.24) is 0 Å². The first-order chi connectivity index (χ1) is 28.8. The number of fused-ring (bicyclic) bond motifs is 1. The Morgan fingerprint density at radius 2 is 1.20 bits per heavy atom. The minimum Gasteiger partial charge on any atom is -0.505 e. The molecule has 4 aromatic rings. The molecule has 0 aliphatic carbocycles. The highest BCUT2D eigenvalue weighted by atomic mass is 32.2. The van der Waals surface area contributed by atoms with E-state index in [0.717, 1.165) is 18.2 Å². The van der Waals surface area contributed by atoms with Gasteiger partial charge in [-0.25, -0.2) is 32.6 Å². The molecule has 0 saturated carbocycles. The van der Waals surface area contributed by atoms with Gasteiger partial charge in [-0.2, -0.15) is 21.9 Å². The zero-order valence-corrected chi connectivity index (χ0v) is 35.4. The number of sulfone groups is 2. The average molecular weight is 998 g/mol. The van der Waals surface area contributed by atoms with Crippen LogP contribution in [-0.2, 0) is 76.4 Å². The van der Waals surface area contributed by atoms with Crippen molar-refractivity contribution in [2.24, 2.45) is 20.5 Å². The highest BCUT2D eigenvalue weighted by Gasteiger charge is 2.24. The maximum absolute atomic E-state index is 13.0. The van der Waals surface area contributed by atoms with Crippen molar-refractivity contribution < 1.29 is 100 Å². The summed E-state index contributed by atoms with van der Waals surface area (Å²) in [7, 11) is -18.0. The minimum absolute atomic E-state index is 0.0592. The van der Waals surface area contributed by atoms with E-state index in [1.807, 2.05) is 0 Å². The summed E-state index contributed by atoms with van der Waals surface area (Å²) in [5.41, 5.74) is -1.71. The summed E-state index contributed by atoms with van der Waals surface area (Å²) in [6.07, 6.45) is 0. The smallest absolute Gasteiger partial charge is 0.296 e. The van der Waals surface area contributed by atoms with Crippen molar-refractivity contribution in [3.63, 3.8) is 0 Å². The first-order valence-corrected chi connectivity index (χ1v) is 23.9. The number of anilines is 1. The molecule has 34 heteroatoms. The Hall–Kier alpha value is -3.73. The molecule has 0 radical (unpaired) electrons. The molecular formula is C27H27N5O22S7. The molecular weight excluding hydrogens is 971 g/mol. The molecule has 0 spiro atoms. The SMILES string of the molecule is O=S(=O)(O)CNc1ccc2c(O)c(/N=N/c3ccc(S(=O)(=O)CCOSOOO)cc3)c(SOOO)cc2c1/N=N/c1cc(S(=O)(=O)CCOSOOO)ccc1S(=O)(=O)O. The molecule has 4 rings (SSSR count). The van der Waals surface area contributed by atoms with E-state index in [4.69, 9.17) is 24.1 Å². The topological polar surface area (TPSA) is 393 Å². The number of nitrogens with one attached hydrogen (secondary N) is 1. The van der Waals surface area contributed by atoms with Gasteiger partial charge in [-0.05, 0) is 60.7 Å². The van der Waals surface area contributed by atoms with Gasteiger partial charge in [-0.15, -0.1) is 28.3 Å². The fourth-order valence-corrected chi connectivity index (χ4v) is 8.87. The molecule has 0 aliphatic rings. The monoisotopic (exact) mass is 997 g/mol. The summed E-state index contributed by atoms with van der Waals surface area (Å²) in [6, 6.07) is 10.7. The molecule has 27 nitrogen and oxygen atoms in total. The normalized spacial score (nSPS) is 12.9. The largest absolute Gasteiger partial charge is 0.505 e. The van der Waals surface area contributed by atoms with Crippen LogP contribution in [-0.4, -0.2) is 94.3 Å². The number of aromatic hydroxyl groups is 1. The average Bonchev–Trinajstić information content (AvgIpc) is 3.20. The second-order valence-corrected chi connectivity index (χ2v) is 19.8. The molecule has 61 heavy (non-hydrogen) atoms. The summed E-state index contributed by atoms with van der Waals surface area (Å²) in [4.78, 5) is -1.82. The number of nitrogens with zero attached hydrogens (tertiary/aromatic N) is 4. The highest BCUT2D eigenvalue weighted by Crippen LogP contribution is 2.48. The summed E-state index contributed by atoms with van der Waals surface area (Å²) >= 11 is 0.528. The summed E-state index contributed by atoms with van der Waals surface area (Å²) in [6.45, 7) is -0.878. The Kier molecular flexibility index (Phi) is 18.5. The maximum atomic E-state index is 13.0. The van der Waals surface area contributed by atoms with E-state index in [1.165, 1.54) is 36.4 Å². The quantitative estimate of drug-likeness (QED) is 0.0102. The lowest BCUT2D eigenvalue weighted by atomic mass is 10.1. The third-order valence-corrected chi connectivity index (χ3v) is 13.3. The van der Waals surface area contributed by atoms with E-state index < -0.39 is 90.8 Å². The number of benzene rings is 4. The summed E-state index contributed by atoms with van der Waals surface area (Å²) in [5, 5.41) is 64.8. The predicted molar refractivity (Wildman–Crippen MR) is 208 cm³/mol. The second-order valence-electron chi connectivity index (χ2n) is 11.0. The lowest BCUT2D eigenvalue weighted by molar-refractivity contribution is -0.434. The van der Waals surface area contributed by atoms with Crippen LogP contribution in [0.2, 0.25) is 0 Å². The van der Waals surface area contributed by atoms with Crippen molar-refractivity contribution in [1.29, 1.82) is 0 Å². The zero-order chi connectivity index (χ0) is 44.8. The molecule has 0 unspecified atom stereocenters. The van der Waals surface area contributed by atoms with Gasteiger partial charge < -0.3 is 10.4 Å². The number of azo groups is 2. The fraction of sp³-hybridized carbons (Fsp3) is 0.185. The molecule has 0 fully saturated rings. The van der Waals surface area contributed by atoms with E-state index in [-0.39, 0.29) is 80.9 Å². The number of rotatable bonds is 25. The molecule has 0 heterocycles. The fourth-order valence-electron chi connectivity index (χ4n) is 4.61. The van der Waals surface area contributed by atoms with Gasteiger partial charge in [0, 0.05) is 10.8 Å². The van der Waals surface area contributed by atoms with Crippen LogP contribution >= 0.6 is 36.7 Å². The Bertz CT molecular complexity index is 2670. The van der Waals surface area contributed by atoms with Crippen molar-refractivity contribution in [3.05, 3.63) is 60.7 Å². The Morgan fingerprint density at radius 1 is 0.623 bits per heavy atom. The van der Waals surface area contributed by atoms with Crippen molar-refractivity contribution >= 4 is 116 Å². The Balaban J connectivity index is 1.81. The third kappa shape index (κ3) is 14.7. The van der Waals surface area contributed by atoms with Gasteiger partial charge in [0.25, 0.3) is 20.2 Å². The Labute approximate surface area is 356 Å². The molecule has 0 atom stereocenters. The van der Waals surface area contributed by atoms with Crippen LogP contribution < -0.4 is 5.32 Å². The van der Waals surface area contributed by atoms with E-state index >= 15 is 0 Å². The first-order valence-electron chi connectivity index (χ1n) is 15.5. The van der Waals surface area contributed by atoms with Crippen LogP contribution in [0.1, 0.15) is 0 Å².